The number of hydrogen-bond acceptors (Lipinski definition) is 5. The van der Waals surface area contributed by atoms with E-state index in [4.69, 9.17) is 5.73 Å². The van der Waals surface area contributed by atoms with Gasteiger partial charge in [-0.25, -0.2) is 15.0 Å². The zero-order valence-corrected chi connectivity index (χ0v) is 12.9. The van der Waals surface area contributed by atoms with Gasteiger partial charge in [0.2, 0.25) is 0 Å². The molecule has 0 amide bonds. The molecule has 0 saturated carbocycles. The quantitative estimate of drug-likeness (QED) is 0.730. The number of hydrogen-bond donors (Lipinski definition) is 2. The molecule has 2 aromatic rings. The van der Waals surface area contributed by atoms with E-state index in [1.54, 1.807) is 6.33 Å². The van der Waals surface area contributed by atoms with Crippen molar-refractivity contribution in [3.8, 4) is 0 Å². The summed E-state index contributed by atoms with van der Waals surface area (Å²) >= 11 is 0. The van der Waals surface area contributed by atoms with E-state index in [9.17, 15) is 5.11 Å². The number of nitrogens with two attached hydrogens (primary N) is 1. The topological polar surface area (TPSA) is 89.8 Å². The second-order valence-electron chi connectivity index (χ2n) is 5.59. The maximum absolute atomic E-state index is 10.1. The number of anilines is 1. The lowest BCUT2D eigenvalue weighted by Gasteiger charge is -2.21. The second kappa shape index (κ2) is 7.36. The molecule has 6 nitrogen and oxygen atoms in total. The lowest BCUT2D eigenvalue weighted by atomic mass is 10.0. The highest BCUT2D eigenvalue weighted by Crippen LogP contribution is 2.25. The molecule has 0 aliphatic carbocycles. The van der Waals surface area contributed by atoms with Gasteiger partial charge in [-0.2, -0.15) is 0 Å². The van der Waals surface area contributed by atoms with Crippen LogP contribution in [0.5, 0.6) is 0 Å². The molecular formula is C15H25N5O. The van der Waals surface area contributed by atoms with Crippen molar-refractivity contribution in [1.29, 1.82) is 0 Å². The summed E-state index contributed by atoms with van der Waals surface area (Å²) in [6.07, 6.45) is 9.66. The molecule has 116 valence electrons. The van der Waals surface area contributed by atoms with E-state index in [-0.39, 0.29) is 6.04 Å². The first-order valence-electron chi connectivity index (χ1n) is 7.76. The second-order valence-corrected chi connectivity index (χ2v) is 5.59. The summed E-state index contributed by atoms with van der Waals surface area (Å²) in [7, 11) is 0. The van der Waals surface area contributed by atoms with Crippen LogP contribution in [-0.2, 0) is 0 Å². The van der Waals surface area contributed by atoms with Gasteiger partial charge in [-0.1, -0.05) is 39.0 Å². The number of rotatable bonds is 8. The number of unbranched alkanes of at least 4 members (excludes halogenated alkanes) is 4. The maximum Gasteiger partial charge on any atom is 0.165 e. The monoisotopic (exact) mass is 291 g/mol. The maximum atomic E-state index is 10.1. The molecule has 2 rings (SSSR count). The van der Waals surface area contributed by atoms with Gasteiger partial charge < -0.3 is 15.4 Å². The first-order chi connectivity index (χ1) is 10.1. The Labute approximate surface area is 125 Å². The molecule has 21 heavy (non-hydrogen) atoms. The Bertz CT molecular complexity index is 566. The minimum Gasteiger partial charge on any atom is -0.391 e. The van der Waals surface area contributed by atoms with Gasteiger partial charge in [0.05, 0.1) is 18.5 Å². The van der Waals surface area contributed by atoms with Gasteiger partial charge in [0, 0.05) is 0 Å². The standard InChI is InChI=1S/C15H25N5O/c1-3-4-5-6-7-8-12(11(2)21)20-10-19-13-14(16)17-9-18-15(13)20/h9-12,21H,3-8H2,1-2H3,(H2,16,17,18)/t11-,12-/m1/s1. The molecule has 0 aliphatic rings. The lowest BCUT2D eigenvalue weighted by molar-refractivity contribution is 0.124. The van der Waals surface area contributed by atoms with Crippen LogP contribution in [0.4, 0.5) is 5.82 Å². The number of nitrogen functional groups attached to an aromatic ring is 1. The van der Waals surface area contributed by atoms with Crippen LogP contribution in [-0.4, -0.2) is 30.7 Å². The molecule has 6 heteroatoms. The summed E-state index contributed by atoms with van der Waals surface area (Å²) in [6, 6.07) is -0.0223. The van der Waals surface area contributed by atoms with Gasteiger partial charge in [0.15, 0.2) is 11.5 Å². The third-order valence-corrected chi connectivity index (χ3v) is 3.90. The van der Waals surface area contributed by atoms with E-state index in [0.717, 1.165) is 12.8 Å². The summed E-state index contributed by atoms with van der Waals surface area (Å²) in [5.41, 5.74) is 7.11. The predicted octanol–water partition coefficient (Wildman–Crippen LogP) is 2.69. The number of nitrogens with zero attached hydrogens (tertiary/aromatic N) is 4. The molecule has 2 aromatic heterocycles. The van der Waals surface area contributed by atoms with E-state index in [1.807, 2.05) is 11.5 Å². The molecule has 0 aromatic carbocycles. The van der Waals surface area contributed by atoms with E-state index < -0.39 is 6.10 Å². The first-order valence-corrected chi connectivity index (χ1v) is 7.76. The molecular weight excluding hydrogens is 266 g/mol. The molecule has 0 spiro atoms. The van der Waals surface area contributed by atoms with Gasteiger partial charge in [0.25, 0.3) is 0 Å². The molecule has 2 heterocycles. The summed E-state index contributed by atoms with van der Waals surface area (Å²) in [6.45, 7) is 4.02. The fraction of sp³-hybridized carbons (Fsp3) is 0.667. The Balaban J connectivity index is 2.11. The summed E-state index contributed by atoms with van der Waals surface area (Å²) in [4.78, 5) is 12.5. The molecule has 0 unspecified atom stereocenters. The molecule has 0 saturated heterocycles. The van der Waals surface area contributed by atoms with Gasteiger partial charge in [0.1, 0.15) is 11.8 Å². The molecule has 2 atom stereocenters. The largest absolute Gasteiger partial charge is 0.391 e. The van der Waals surface area contributed by atoms with Crippen molar-refractivity contribution in [2.45, 2.75) is 64.5 Å². The van der Waals surface area contributed by atoms with Gasteiger partial charge in [-0.3, -0.25) is 0 Å². The SMILES string of the molecule is CCCCCCC[C@H]([C@@H](C)O)n1cnc2c(N)ncnc21. The molecule has 0 radical (unpaired) electrons. The zero-order valence-electron chi connectivity index (χ0n) is 12.9. The Morgan fingerprint density at radius 2 is 1.95 bits per heavy atom. The van der Waals surface area contributed by atoms with E-state index >= 15 is 0 Å². The van der Waals surface area contributed by atoms with Crippen molar-refractivity contribution < 1.29 is 5.11 Å². The van der Waals surface area contributed by atoms with Crippen molar-refractivity contribution >= 4 is 17.0 Å². The van der Waals surface area contributed by atoms with Crippen molar-refractivity contribution in [2.75, 3.05) is 5.73 Å². The summed E-state index contributed by atoms with van der Waals surface area (Å²) < 4.78 is 1.93. The highest BCUT2D eigenvalue weighted by molar-refractivity contribution is 5.81. The predicted molar refractivity (Wildman–Crippen MR) is 83.8 cm³/mol. The number of imidazole rings is 1. The fourth-order valence-electron chi connectivity index (χ4n) is 2.68. The third-order valence-electron chi connectivity index (χ3n) is 3.90. The van der Waals surface area contributed by atoms with Crippen LogP contribution in [0.3, 0.4) is 0 Å². The van der Waals surface area contributed by atoms with Crippen molar-refractivity contribution in [3.63, 3.8) is 0 Å². The smallest absolute Gasteiger partial charge is 0.165 e. The molecule has 0 fully saturated rings. The van der Waals surface area contributed by atoms with Gasteiger partial charge in [-0.15, -0.1) is 0 Å². The van der Waals surface area contributed by atoms with Crippen LogP contribution in [0.25, 0.3) is 11.2 Å². The van der Waals surface area contributed by atoms with Crippen molar-refractivity contribution in [3.05, 3.63) is 12.7 Å². The first kappa shape index (κ1) is 15.7. The highest BCUT2D eigenvalue weighted by atomic mass is 16.3. The van der Waals surface area contributed by atoms with Crippen molar-refractivity contribution in [1.82, 2.24) is 19.5 Å². The van der Waals surface area contributed by atoms with Gasteiger partial charge >= 0.3 is 0 Å². The van der Waals surface area contributed by atoms with E-state index in [1.165, 1.54) is 32.0 Å². The fourth-order valence-corrected chi connectivity index (χ4v) is 2.68. The van der Waals surface area contributed by atoms with Gasteiger partial charge in [-0.05, 0) is 13.3 Å². The average molecular weight is 291 g/mol. The minimum atomic E-state index is -0.454. The Hall–Kier alpha value is -1.69. The summed E-state index contributed by atoms with van der Waals surface area (Å²) in [5, 5.41) is 10.1. The van der Waals surface area contributed by atoms with Crippen LogP contribution >= 0.6 is 0 Å². The Kier molecular flexibility index (Phi) is 5.50. The summed E-state index contributed by atoms with van der Waals surface area (Å²) in [5.74, 6) is 0.381. The van der Waals surface area contributed by atoms with Crippen LogP contribution < -0.4 is 5.73 Å². The third kappa shape index (κ3) is 3.69. The number of aliphatic hydroxyl groups is 1. The molecule has 0 bridgehead atoms. The zero-order chi connectivity index (χ0) is 15.2. The van der Waals surface area contributed by atoms with E-state index in [0.29, 0.717) is 17.0 Å². The highest BCUT2D eigenvalue weighted by Gasteiger charge is 2.20. The van der Waals surface area contributed by atoms with Crippen LogP contribution in [0.1, 0.15) is 58.4 Å². The molecule has 3 N–H and O–H groups in total. The average Bonchev–Trinajstić information content (AvgIpc) is 2.88. The lowest BCUT2D eigenvalue weighted by Crippen LogP contribution is -2.21. The number of aromatic nitrogens is 4. The number of aliphatic hydroxyl groups excluding tert-OH is 1. The van der Waals surface area contributed by atoms with E-state index in [2.05, 4.69) is 21.9 Å². The van der Waals surface area contributed by atoms with Crippen molar-refractivity contribution in [2.24, 2.45) is 0 Å². The molecule has 0 aliphatic heterocycles. The number of fused-ring (bicyclic) bond motifs is 1. The normalized spacial score (nSPS) is 14.4. The van der Waals surface area contributed by atoms with Crippen LogP contribution in [0.2, 0.25) is 0 Å². The Morgan fingerprint density at radius 1 is 1.19 bits per heavy atom. The Morgan fingerprint density at radius 3 is 2.67 bits per heavy atom. The minimum absolute atomic E-state index is 0.0223. The van der Waals surface area contributed by atoms with Crippen LogP contribution in [0, 0.1) is 0 Å². The van der Waals surface area contributed by atoms with Crippen LogP contribution in [0.15, 0.2) is 12.7 Å².